The van der Waals surface area contributed by atoms with Crippen molar-refractivity contribution in [3.05, 3.63) is 71.0 Å². The lowest BCUT2D eigenvalue weighted by atomic mass is 9.80. The minimum atomic E-state index is -0.272. The summed E-state index contributed by atoms with van der Waals surface area (Å²) in [4.78, 5) is 12.2. The fourth-order valence-corrected chi connectivity index (χ4v) is 2.57. The lowest BCUT2D eigenvalue weighted by molar-refractivity contribution is 0.0993. The fourth-order valence-electron chi connectivity index (χ4n) is 2.57. The van der Waals surface area contributed by atoms with Gasteiger partial charge in [-0.05, 0) is 42.0 Å². The highest BCUT2D eigenvalue weighted by atomic mass is 19.1. The predicted molar refractivity (Wildman–Crippen MR) is 77.5 cm³/mol. The maximum absolute atomic E-state index is 12.8. The third-order valence-corrected chi connectivity index (χ3v) is 4.09. The fraction of sp³-hybridized carbons (Fsp3) is 0.278. The highest BCUT2D eigenvalue weighted by Crippen LogP contribution is 2.36. The van der Waals surface area contributed by atoms with Gasteiger partial charge in [0.05, 0.1) is 0 Å². The molecule has 0 spiro atoms. The topological polar surface area (TPSA) is 17.1 Å². The van der Waals surface area contributed by atoms with E-state index in [0.29, 0.717) is 12.3 Å². The van der Waals surface area contributed by atoms with E-state index in [9.17, 15) is 9.18 Å². The molecule has 0 N–H and O–H groups in total. The summed E-state index contributed by atoms with van der Waals surface area (Å²) in [7, 11) is 0. The second kappa shape index (κ2) is 5.58. The van der Waals surface area contributed by atoms with Crippen molar-refractivity contribution in [1.29, 1.82) is 0 Å². The molecule has 1 aliphatic carbocycles. The van der Waals surface area contributed by atoms with Crippen LogP contribution in [0.1, 0.15) is 46.7 Å². The van der Waals surface area contributed by atoms with Crippen molar-refractivity contribution < 1.29 is 9.18 Å². The normalized spacial score (nSPS) is 14.8. The van der Waals surface area contributed by atoms with E-state index in [1.165, 1.54) is 37.0 Å². The summed E-state index contributed by atoms with van der Waals surface area (Å²) in [6, 6.07) is 14.1. The Bertz CT molecular complexity index is 594. The van der Waals surface area contributed by atoms with E-state index in [1.54, 1.807) is 12.1 Å². The molecule has 0 atom stereocenters. The Labute approximate surface area is 118 Å². The Morgan fingerprint density at radius 1 is 1.00 bits per heavy atom. The van der Waals surface area contributed by atoms with Gasteiger partial charge in [0.25, 0.3) is 0 Å². The summed E-state index contributed by atoms with van der Waals surface area (Å²) in [5.74, 6) is 0.499. The van der Waals surface area contributed by atoms with Gasteiger partial charge in [0.2, 0.25) is 0 Å². The molecule has 0 saturated heterocycles. The molecule has 2 aromatic rings. The zero-order chi connectivity index (χ0) is 13.9. The Kier molecular flexibility index (Phi) is 3.64. The largest absolute Gasteiger partial charge is 0.294 e. The Balaban J connectivity index is 1.68. The monoisotopic (exact) mass is 268 g/mol. The first-order valence-electron chi connectivity index (χ1n) is 7.10. The molecule has 1 nitrogen and oxygen atoms in total. The number of ketones is 1. The van der Waals surface area contributed by atoms with E-state index in [-0.39, 0.29) is 11.6 Å². The molecule has 0 aliphatic heterocycles. The van der Waals surface area contributed by atoms with E-state index in [2.05, 4.69) is 12.1 Å². The molecule has 0 heterocycles. The first kappa shape index (κ1) is 13.0. The van der Waals surface area contributed by atoms with Crippen LogP contribution in [0.25, 0.3) is 0 Å². The van der Waals surface area contributed by atoms with Crippen LogP contribution in [0.2, 0.25) is 0 Å². The number of carbonyl (C=O) groups excluding carboxylic acids is 1. The first-order valence-corrected chi connectivity index (χ1v) is 7.10. The summed E-state index contributed by atoms with van der Waals surface area (Å²) in [5, 5.41) is 0. The summed E-state index contributed by atoms with van der Waals surface area (Å²) >= 11 is 0. The maximum atomic E-state index is 12.8. The van der Waals surface area contributed by atoms with Gasteiger partial charge in [-0.1, -0.05) is 42.8 Å². The molecule has 102 valence electrons. The molecule has 0 bridgehead atoms. The molecule has 2 aromatic carbocycles. The van der Waals surface area contributed by atoms with Crippen LogP contribution in [0, 0.1) is 5.82 Å². The van der Waals surface area contributed by atoms with Crippen molar-refractivity contribution in [1.82, 2.24) is 0 Å². The highest BCUT2D eigenvalue weighted by molar-refractivity contribution is 5.97. The van der Waals surface area contributed by atoms with Crippen molar-refractivity contribution in [3.63, 3.8) is 0 Å². The minimum absolute atomic E-state index is 0.0803. The van der Waals surface area contributed by atoms with E-state index >= 15 is 0 Å². The molecule has 1 fully saturated rings. The van der Waals surface area contributed by atoms with Crippen LogP contribution < -0.4 is 0 Å². The van der Waals surface area contributed by atoms with Gasteiger partial charge >= 0.3 is 0 Å². The Morgan fingerprint density at radius 2 is 1.65 bits per heavy atom. The first-order chi connectivity index (χ1) is 9.72. The van der Waals surface area contributed by atoms with Gasteiger partial charge in [-0.15, -0.1) is 0 Å². The van der Waals surface area contributed by atoms with Gasteiger partial charge in [0, 0.05) is 12.0 Å². The number of halogens is 1. The predicted octanol–water partition coefficient (Wildman–Crippen LogP) is 4.52. The molecule has 3 rings (SSSR count). The van der Waals surface area contributed by atoms with Gasteiger partial charge in [0.15, 0.2) is 5.78 Å². The number of rotatable bonds is 4. The minimum Gasteiger partial charge on any atom is -0.294 e. The average molecular weight is 268 g/mol. The van der Waals surface area contributed by atoms with Crippen molar-refractivity contribution in [2.45, 2.75) is 31.6 Å². The lowest BCUT2D eigenvalue weighted by Gasteiger charge is -2.25. The smallest absolute Gasteiger partial charge is 0.167 e. The van der Waals surface area contributed by atoms with Crippen LogP contribution in [-0.4, -0.2) is 5.78 Å². The quantitative estimate of drug-likeness (QED) is 0.745. The van der Waals surface area contributed by atoms with Gasteiger partial charge in [-0.3, -0.25) is 4.79 Å². The Morgan fingerprint density at radius 3 is 2.20 bits per heavy atom. The summed E-state index contributed by atoms with van der Waals surface area (Å²) in [6.07, 6.45) is 4.17. The standard InChI is InChI=1S/C18H17FO/c19-17-10-4-13(5-11-17)12-18(20)16-8-6-15(7-9-16)14-2-1-3-14/h4-11,14H,1-3,12H2. The summed E-state index contributed by atoms with van der Waals surface area (Å²) in [6.45, 7) is 0. The van der Waals surface area contributed by atoms with E-state index in [4.69, 9.17) is 0 Å². The molecular weight excluding hydrogens is 251 g/mol. The number of hydrogen-bond acceptors (Lipinski definition) is 1. The van der Waals surface area contributed by atoms with Gasteiger partial charge in [-0.2, -0.15) is 0 Å². The van der Waals surface area contributed by atoms with Gasteiger partial charge < -0.3 is 0 Å². The van der Waals surface area contributed by atoms with Crippen LogP contribution in [0.15, 0.2) is 48.5 Å². The van der Waals surface area contributed by atoms with Crippen molar-refractivity contribution in [2.24, 2.45) is 0 Å². The van der Waals surface area contributed by atoms with Gasteiger partial charge in [0.1, 0.15) is 5.82 Å². The number of Topliss-reactive ketones (excluding diaryl/α,β-unsaturated/α-hetero) is 1. The second-order valence-corrected chi connectivity index (χ2v) is 5.48. The molecule has 0 radical (unpaired) electrons. The molecule has 0 unspecified atom stereocenters. The van der Waals surface area contributed by atoms with Crippen LogP contribution in [0.3, 0.4) is 0 Å². The van der Waals surface area contributed by atoms with Crippen LogP contribution in [-0.2, 0) is 6.42 Å². The lowest BCUT2D eigenvalue weighted by Crippen LogP contribution is -2.09. The SMILES string of the molecule is O=C(Cc1ccc(F)cc1)c1ccc(C2CCC2)cc1. The average Bonchev–Trinajstić information content (AvgIpc) is 2.40. The number of hydrogen-bond donors (Lipinski definition) is 0. The van der Waals surface area contributed by atoms with Crippen molar-refractivity contribution >= 4 is 5.78 Å². The Hall–Kier alpha value is -1.96. The number of benzene rings is 2. The third-order valence-electron chi connectivity index (χ3n) is 4.09. The summed E-state index contributed by atoms with van der Waals surface area (Å²) < 4.78 is 12.8. The molecular formula is C18H17FO. The van der Waals surface area contributed by atoms with Crippen LogP contribution >= 0.6 is 0 Å². The van der Waals surface area contributed by atoms with E-state index in [1.807, 2.05) is 12.1 Å². The van der Waals surface area contributed by atoms with Crippen molar-refractivity contribution in [3.8, 4) is 0 Å². The van der Waals surface area contributed by atoms with E-state index in [0.717, 1.165) is 11.1 Å². The maximum Gasteiger partial charge on any atom is 0.167 e. The zero-order valence-electron chi connectivity index (χ0n) is 11.3. The van der Waals surface area contributed by atoms with Crippen LogP contribution in [0.4, 0.5) is 4.39 Å². The van der Waals surface area contributed by atoms with Gasteiger partial charge in [-0.25, -0.2) is 4.39 Å². The summed E-state index contributed by atoms with van der Waals surface area (Å²) in [5.41, 5.74) is 2.92. The second-order valence-electron chi connectivity index (χ2n) is 5.48. The van der Waals surface area contributed by atoms with Crippen molar-refractivity contribution in [2.75, 3.05) is 0 Å². The molecule has 1 saturated carbocycles. The molecule has 0 aromatic heterocycles. The highest BCUT2D eigenvalue weighted by Gasteiger charge is 2.19. The van der Waals surface area contributed by atoms with E-state index < -0.39 is 0 Å². The third kappa shape index (κ3) is 2.79. The van der Waals surface area contributed by atoms with Crippen LogP contribution in [0.5, 0.6) is 0 Å². The number of carbonyl (C=O) groups is 1. The molecule has 2 heteroatoms. The molecule has 0 amide bonds. The zero-order valence-corrected chi connectivity index (χ0v) is 11.3. The molecule has 1 aliphatic rings. The molecule has 20 heavy (non-hydrogen) atoms.